The van der Waals surface area contributed by atoms with Gasteiger partial charge in [-0.1, -0.05) is 17.3 Å². The number of fused-ring (bicyclic) bond motifs is 1. The lowest BCUT2D eigenvalue weighted by Crippen LogP contribution is -2.25. The second-order valence-corrected chi connectivity index (χ2v) is 5.33. The molecule has 3 rings (SSSR count). The molecule has 1 aromatic heterocycles. The topological polar surface area (TPSA) is 46.0 Å². The number of hydrogen-bond acceptors (Lipinski definition) is 4. The van der Waals surface area contributed by atoms with Gasteiger partial charge in [0.15, 0.2) is 0 Å². The van der Waals surface area contributed by atoms with E-state index in [0.29, 0.717) is 0 Å². The highest BCUT2D eigenvalue weighted by Gasteiger charge is 2.13. The van der Waals surface area contributed by atoms with E-state index in [1.807, 2.05) is 10.9 Å². The number of anilines is 1. The second-order valence-electron chi connectivity index (χ2n) is 5.33. The van der Waals surface area contributed by atoms with Crippen molar-refractivity contribution in [2.24, 2.45) is 0 Å². The van der Waals surface area contributed by atoms with E-state index in [0.717, 1.165) is 19.6 Å². The summed E-state index contributed by atoms with van der Waals surface area (Å²) in [7, 11) is 2.17. The summed E-state index contributed by atoms with van der Waals surface area (Å²) >= 11 is 0. The first-order chi connectivity index (χ1) is 9.83. The molecule has 1 aromatic carbocycles. The van der Waals surface area contributed by atoms with E-state index in [2.05, 4.69) is 45.8 Å². The maximum atomic E-state index is 3.95. The summed E-state index contributed by atoms with van der Waals surface area (Å²) in [4.78, 5) is 2.35. The SMILES string of the molecule is CN1CCCc2cc(CNCCn3ccnn3)ccc21. The minimum absolute atomic E-state index is 0.855. The molecule has 0 bridgehead atoms. The van der Waals surface area contributed by atoms with Gasteiger partial charge >= 0.3 is 0 Å². The van der Waals surface area contributed by atoms with Crippen LogP contribution in [0.3, 0.4) is 0 Å². The third kappa shape index (κ3) is 2.99. The first kappa shape index (κ1) is 13.1. The van der Waals surface area contributed by atoms with Crippen molar-refractivity contribution in [3.05, 3.63) is 41.7 Å². The molecule has 0 atom stereocenters. The maximum absolute atomic E-state index is 3.95. The van der Waals surface area contributed by atoms with Gasteiger partial charge in [-0.05, 0) is 30.0 Å². The molecule has 5 nitrogen and oxygen atoms in total. The molecule has 0 amide bonds. The van der Waals surface area contributed by atoms with Crippen molar-refractivity contribution < 1.29 is 0 Å². The van der Waals surface area contributed by atoms with E-state index in [1.165, 1.54) is 36.2 Å². The quantitative estimate of drug-likeness (QED) is 0.836. The fraction of sp³-hybridized carbons (Fsp3) is 0.467. The molecule has 0 saturated heterocycles. The number of aromatic nitrogens is 3. The van der Waals surface area contributed by atoms with Crippen LogP contribution in [0.25, 0.3) is 0 Å². The normalized spacial score (nSPS) is 14.3. The number of aryl methyl sites for hydroxylation is 1. The zero-order valence-corrected chi connectivity index (χ0v) is 11.9. The van der Waals surface area contributed by atoms with E-state index in [-0.39, 0.29) is 0 Å². The van der Waals surface area contributed by atoms with E-state index in [4.69, 9.17) is 0 Å². The summed E-state index contributed by atoms with van der Waals surface area (Å²) < 4.78 is 1.84. The molecule has 0 saturated carbocycles. The first-order valence-corrected chi connectivity index (χ1v) is 7.21. The molecule has 0 aliphatic carbocycles. The van der Waals surface area contributed by atoms with Gasteiger partial charge in [-0.25, -0.2) is 0 Å². The molecule has 0 spiro atoms. The Bertz CT molecular complexity index is 549. The fourth-order valence-corrected chi connectivity index (χ4v) is 2.73. The Morgan fingerprint density at radius 2 is 2.30 bits per heavy atom. The van der Waals surface area contributed by atoms with E-state index in [1.54, 1.807) is 6.20 Å². The van der Waals surface area contributed by atoms with Gasteiger partial charge in [0.05, 0.1) is 12.7 Å². The number of rotatable bonds is 5. The molecule has 2 aromatic rings. The van der Waals surface area contributed by atoms with E-state index < -0.39 is 0 Å². The Morgan fingerprint density at radius 1 is 1.35 bits per heavy atom. The van der Waals surface area contributed by atoms with Crippen molar-refractivity contribution in [2.75, 3.05) is 25.0 Å². The molecule has 106 valence electrons. The van der Waals surface area contributed by atoms with E-state index >= 15 is 0 Å². The zero-order chi connectivity index (χ0) is 13.8. The third-order valence-corrected chi connectivity index (χ3v) is 3.81. The van der Waals surface area contributed by atoms with Gasteiger partial charge in [-0.15, -0.1) is 5.10 Å². The van der Waals surface area contributed by atoms with E-state index in [9.17, 15) is 0 Å². The number of benzene rings is 1. The Balaban J connectivity index is 1.53. The number of nitrogens with one attached hydrogen (secondary N) is 1. The van der Waals surface area contributed by atoms with Crippen molar-refractivity contribution in [3.8, 4) is 0 Å². The Kier molecular flexibility index (Phi) is 3.97. The smallest absolute Gasteiger partial charge is 0.0692 e. The first-order valence-electron chi connectivity index (χ1n) is 7.21. The van der Waals surface area contributed by atoms with Crippen LogP contribution in [-0.2, 0) is 19.5 Å². The van der Waals surface area contributed by atoms with Gasteiger partial charge in [-0.2, -0.15) is 0 Å². The van der Waals surface area contributed by atoms with Crippen LogP contribution < -0.4 is 10.2 Å². The van der Waals surface area contributed by atoms with Crippen LogP contribution in [-0.4, -0.2) is 35.1 Å². The molecule has 0 radical (unpaired) electrons. The van der Waals surface area contributed by atoms with Crippen LogP contribution in [0, 0.1) is 0 Å². The summed E-state index contributed by atoms with van der Waals surface area (Å²) in [5, 5.41) is 11.2. The summed E-state index contributed by atoms with van der Waals surface area (Å²) in [5.41, 5.74) is 4.23. The van der Waals surface area contributed by atoms with Crippen LogP contribution in [0.4, 0.5) is 5.69 Å². The van der Waals surface area contributed by atoms with Crippen molar-refractivity contribution in [1.82, 2.24) is 20.3 Å². The fourth-order valence-electron chi connectivity index (χ4n) is 2.73. The van der Waals surface area contributed by atoms with Crippen molar-refractivity contribution in [2.45, 2.75) is 25.9 Å². The largest absolute Gasteiger partial charge is 0.374 e. The lowest BCUT2D eigenvalue weighted by Gasteiger charge is -2.27. The molecular formula is C15H21N5. The van der Waals surface area contributed by atoms with Crippen molar-refractivity contribution >= 4 is 5.69 Å². The lowest BCUT2D eigenvalue weighted by molar-refractivity contribution is 0.540. The monoisotopic (exact) mass is 271 g/mol. The lowest BCUT2D eigenvalue weighted by atomic mass is 9.99. The highest BCUT2D eigenvalue weighted by molar-refractivity contribution is 5.56. The Hall–Kier alpha value is -1.88. The third-order valence-electron chi connectivity index (χ3n) is 3.81. The summed E-state index contributed by atoms with van der Waals surface area (Å²) in [6, 6.07) is 6.82. The van der Waals surface area contributed by atoms with Gasteiger partial charge in [0.2, 0.25) is 0 Å². The van der Waals surface area contributed by atoms with Crippen molar-refractivity contribution in [1.29, 1.82) is 0 Å². The molecule has 1 aliphatic heterocycles. The van der Waals surface area contributed by atoms with Gasteiger partial charge < -0.3 is 10.2 Å². The van der Waals surface area contributed by atoms with Crippen LogP contribution in [0.15, 0.2) is 30.6 Å². The molecule has 1 aliphatic rings. The molecule has 1 N–H and O–H groups in total. The van der Waals surface area contributed by atoms with Crippen LogP contribution in [0.1, 0.15) is 17.5 Å². The molecule has 20 heavy (non-hydrogen) atoms. The number of hydrogen-bond donors (Lipinski definition) is 1. The Morgan fingerprint density at radius 3 is 3.15 bits per heavy atom. The summed E-state index contributed by atoms with van der Waals surface area (Å²) in [6.45, 7) is 3.84. The average molecular weight is 271 g/mol. The van der Waals surface area contributed by atoms with Crippen LogP contribution >= 0.6 is 0 Å². The van der Waals surface area contributed by atoms with Gasteiger partial charge in [0.25, 0.3) is 0 Å². The predicted molar refractivity (Wildman–Crippen MR) is 79.8 cm³/mol. The molecule has 0 unspecified atom stereocenters. The second kappa shape index (κ2) is 6.05. The molecular weight excluding hydrogens is 250 g/mol. The highest BCUT2D eigenvalue weighted by atomic mass is 15.4. The minimum Gasteiger partial charge on any atom is -0.374 e. The average Bonchev–Trinajstić information content (AvgIpc) is 2.97. The Labute approximate surface area is 119 Å². The molecule has 0 fully saturated rings. The maximum Gasteiger partial charge on any atom is 0.0692 e. The van der Waals surface area contributed by atoms with Gasteiger partial charge in [0, 0.05) is 38.6 Å². The number of nitrogens with zero attached hydrogens (tertiary/aromatic N) is 4. The van der Waals surface area contributed by atoms with Crippen LogP contribution in [0.2, 0.25) is 0 Å². The zero-order valence-electron chi connectivity index (χ0n) is 11.9. The van der Waals surface area contributed by atoms with Crippen molar-refractivity contribution in [3.63, 3.8) is 0 Å². The minimum atomic E-state index is 0.855. The van der Waals surface area contributed by atoms with Gasteiger partial charge in [0.1, 0.15) is 0 Å². The standard InChI is InChI=1S/C15H21N5/c1-19-8-2-3-14-11-13(4-5-15(14)19)12-16-6-9-20-10-7-17-18-20/h4-5,7,10-11,16H,2-3,6,8-9,12H2,1H3. The molecule has 5 heteroatoms. The summed E-state index contributed by atoms with van der Waals surface area (Å²) in [6.07, 6.45) is 6.05. The molecule has 2 heterocycles. The summed E-state index contributed by atoms with van der Waals surface area (Å²) in [5.74, 6) is 0. The van der Waals surface area contributed by atoms with Crippen LogP contribution in [0.5, 0.6) is 0 Å². The highest BCUT2D eigenvalue weighted by Crippen LogP contribution is 2.26. The predicted octanol–water partition coefficient (Wildman–Crippen LogP) is 1.45. The van der Waals surface area contributed by atoms with Gasteiger partial charge in [-0.3, -0.25) is 4.68 Å².